The number of nitrogens with one attached hydrogen (secondary N) is 1. The molecule has 0 bridgehead atoms. The van der Waals surface area contributed by atoms with E-state index in [1.165, 1.54) is 5.56 Å². The van der Waals surface area contributed by atoms with Crippen LogP contribution in [-0.4, -0.2) is 64.5 Å². The van der Waals surface area contributed by atoms with Gasteiger partial charge in [0.05, 0.1) is 19.8 Å². The smallest absolute Gasteiger partial charge is 0.193 e. The van der Waals surface area contributed by atoms with Gasteiger partial charge in [0.2, 0.25) is 0 Å². The van der Waals surface area contributed by atoms with Gasteiger partial charge in [-0.1, -0.05) is 12.1 Å². The Kier molecular flexibility index (Phi) is 8.55. The highest BCUT2D eigenvalue weighted by molar-refractivity contribution is 5.79. The van der Waals surface area contributed by atoms with Crippen molar-refractivity contribution in [2.45, 2.75) is 31.9 Å². The van der Waals surface area contributed by atoms with Gasteiger partial charge in [-0.25, -0.2) is 0 Å². The summed E-state index contributed by atoms with van der Waals surface area (Å²) in [5.41, 5.74) is 1.21. The SMILES string of the molecule is CN=C(NCCCOCC1CCCO1)N(C)Cc1ccc(OC)cc1. The van der Waals surface area contributed by atoms with Crippen LogP contribution >= 0.6 is 0 Å². The third-order valence-corrected chi connectivity index (χ3v) is 4.23. The predicted molar refractivity (Wildman–Crippen MR) is 100 cm³/mol. The summed E-state index contributed by atoms with van der Waals surface area (Å²) in [5.74, 6) is 1.76. The molecule has 0 aliphatic carbocycles. The first kappa shape index (κ1) is 19.5. The molecule has 0 spiro atoms. The van der Waals surface area contributed by atoms with Crippen LogP contribution in [0.4, 0.5) is 0 Å². The molecule has 1 unspecified atom stereocenters. The van der Waals surface area contributed by atoms with E-state index in [0.29, 0.717) is 12.7 Å². The molecule has 1 saturated heterocycles. The Morgan fingerprint density at radius 1 is 1.36 bits per heavy atom. The first-order valence-electron chi connectivity index (χ1n) is 8.97. The zero-order valence-corrected chi connectivity index (χ0v) is 15.7. The highest BCUT2D eigenvalue weighted by Crippen LogP contribution is 2.13. The molecular formula is C19H31N3O3. The number of guanidine groups is 1. The van der Waals surface area contributed by atoms with Gasteiger partial charge in [-0.3, -0.25) is 4.99 Å². The van der Waals surface area contributed by atoms with Crippen molar-refractivity contribution < 1.29 is 14.2 Å². The first-order valence-corrected chi connectivity index (χ1v) is 8.97. The number of benzene rings is 1. The number of aliphatic imine (C=N–C) groups is 1. The lowest BCUT2D eigenvalue weighted by molar-refractivity contribution is 0.0168. The van der Waals surface area contributed by atoms with E-state index in [9.17, 15) is 0 Å². The molecule has 1 aromatic rings. The number of ether oxygens (including phenoxy) is 3. The monoisotopic (exact) mass is 349 g/mol. The summed E-state index contributed by atoms with van der Waals surface area (Å²) < 4.78 is 16.4. The number of nitrogens with zero attached hydrogens (tertiary/aromatic N) is 2. The van der Waals surface area contributed by atoms with E-state index in [1.807, 2.05) is 19.2 Å². The van der Waals surface area contributed by atoms with Crippen LogP contribution in [0.5, 0.6) is 5.75 Å². The van der Waals surface area contributed by atoms with Gasteiger partial charge in [-0.15, -0.1) is 0 Å². The lowest BCUT2D eigenvalue weighted by atomic mass is 10.2. The molecule has 140 valence electrons. The van der Waals surface area contributed by atoms with Crippen LogP contribution in [-0.2, 0) is 16.0 Å². The van der Waals surface area contributed by atoms with Crippen molar-refractivity contribution in [3.05, 3.63) is 29.8 Å². The van der Waals surface area contributed by atoms with Crippen molar-refractivity contribution in [2.75, 3.05) is 47.6 Å². The van der Waals surface area contributed by atoms with E-state index in [-0.39, 0.29) is 0 Å². The summed E-state index contributed by atoms with van der Waals surface area (Å²) in [7, 11) is 5.52. The molecule has 25 heavy (non-hydrogen) atoms. The second-order valence-corrected chi connectivity index (χ2v) is 6.24. The van der Waals surface area contributed by atoms with Crippen LogP contribution in [0.15, 0.2) is 29.3 Å². The number of hydrogen-bond donors (Lipinski definition) is 1. The molecule has 2 rings (SSSR count). The average molecular weight is 349 g/mol. The van der Waals surface area contributed by atoms with Crippen molar-refractivity contribution in [2.24, 2.45) is 4.99 Å². The Bertz CT molecular complexity index is 513. The Hall–Kier alpha value is -1.79. The fourth-order valence-corrected chi connectivity index (χ4v) is 2.83. The first-order chi connectivity index (χ1) is 12.2. The topological polar surface area (TPSA) is 55.3 Å². The molecule has 1 heterocycles. The van der Waals surface area contributed by atoms with Crippen LogP contribution in [0.2, 0.25) is 0 Å². The van der Waals surface area contributed by atoms with Gasteiger partial charge in [-0.2, -0.15) is 0 Å². The Labute approximate surface area is 151 Å². The standard InChI is InChI=1S/C19H31N3O3/c1-20-19(21-11-5-12-24-15-18-6-4-13-25-18)22(2)14-16-7-9-17(23-3)10-8-16/h7-10,18H,4-6,11-15H2,1-3H3,(H,20,21). The zero-order valence-electron chi connectivity index (χ0n) is 15.7. The quantitative estimate of drug-likeness (QED) is 0.421. The summed E-state index contributed by atoms with van der Waals surface area (Å²) >= 11 is 0. The zero-order chi connectivity index (χ0) is 17.9. The number of rotatable bonds is 9. The van der Waals surface area contributed by atoms with E-state index < -0.39 is 0 Å². The van der Waals surface area contributed by atoms with Crippen LogP contribution < -0.4 is 10.1 Å². The second kappa shape index (κ2) is 10.9. The normalized spacial score (nSPS) is 17.6. The molecule has 0 amide bonds. The molecule has 1 N–H and O–H groups in total. The van der Waals surface area contributed by atoms with Crippen molar-refractivity contribution in [1.82, 2.24) is 10.2 Å². The predicted octanol–water partition coefficient (Wildman–Crippen LogP) is 2.29. The maximum atomic E-state index is 5.68. The molecule has 6 heteroatoms. The lowest BCUT2D eigenvalue weighted by Crippen LogP contribution is -2.39. The highest BCUT2D eigenvalue weighted by Gasteiger charge is 2.15. The Morgan fingerprint density at radius 3 is 2.80 bits per heavy atom. The lowest BCUT2D eigenvalue weighted by Gasteiger charge is -2.22. The summed E-state index contributed by atoms with van der Waals surface area (Å²) in [5, 5.41) is 3.38. The van der Waals surface area contributed by atoms with Gasteiger partial charge >= 0.3 is 0 Å². The molecule has 0 saturated carbocycles. The van der Waals surface area contributed by atoms with E-state index in [0.717, 1.165) is 57.3 Å². The van der Waals surface area contributed by atoms with Crippen LogP contribution in [0.25, 0.3) is 0 Å². The minimum absolute atomic E-state index is 0.302. The average Bonchev–Trinajstić information content (AvgIpc) is 3.15. The van der Waals surface area contributed by atoms with Gasteiger partial charge in [0, 0.05) is 40.4 Å². The van der Waals surface area contributed by atoms with E-state index in [4.69, 9.17) is 14.2 Å². The maximum Gasteiger partial charge on any atom is 0.193 e. The molecular weight excluding hydrogens is 318 g/mol. The molecule has 0 aromatic heterocycles. The summed E-state index contributed by atoms with van der Waals surface area (Å²) in [6.45, 7) is 3.97. The minimum atomic E-state index is 0.302. The molecule has 1 aromatic carbocycles. The molecule has 1 aliphatic rings. The molecule has 1 aliphatic heterocycles. The maximum absolute atomic E-state index is 5.68. The van der Waals surface area contributed by atoms with Gasteiger partial charge in [-0.05, 0) is 37.0 Å². The fraction of sp³-hybridized carbons (Fsp3) is 0.632. The molecule has 1 fully saturated rings. The molecule has 0 radical (unpaired) electrons. The molecule has 6 nitrogen and oxygen atoms in total. The Morgan fingerprint density at radius 2 is 2.16 bits per heavy atom. The Balaban J connectivity index is 1.62. The van der Waals surface area contributed by atoms with Crippen molar-refractivity contribution in [3.63, 3.8) is 0 Å². The van der Waals surface area contributed by atoms with E-state index in [1.54, 1.807) is 14.2 Å². The van der Waals surface area contributed by atoms with Gasteiger partial charge in [0.1, 0.15) is 5.75 Å². The third-order valence-electron chi connectivity index (χ3n) is 4.23. The van der Waals surface area contributed by atoms with E-state index >= 15 is 0 Å². The second-order valence-electron chi connectivity index (χ2n) is 6.24. The number of hydrogen-bond acceptors (Lipinski definition) is 4. The van der Waals surface area contributed by atoms with E-state index in [2.05, 4.69) is 27.3 Å². The van der Waals surface area contributed by atoms with Crippen LogP contribution in [0.3, 0.4) is 0 Å². The van der Waals surface area contributed by atoms with Crippen LogP contribution in [0, 0.1) is 0 Å². The fourth-order valence-electron chi connectivity index (χ4n) is 2.83. The van der Waals surface area contributed by atoms with Gasteiger partial charge in [0.15, 0.2) is 5.96 Å². The third kappa shape index (κ3) is 6.92. The van der Waals surface area contributed by atoms with Gasteiger partial charge in [0.25, 0.3) is 0 Å². The van der Waals surface area contributed by atoms with Crippen molar-refractivity contribution >= 4 is 5.96 Å². The molecule has 1 atom stereocenters. The van der Waals surface area contributed by atoms with Crippen LogP contribution in [0.1, 0.15) is 24.8 Å². The summed E-state index contributed by atoms with van der Waals surface area (Å²) in [6, 6.07) is 8.10. The minimum Gasteiger partial charge on any atom is -0.497 e. The van der Waals surface area contributed by atoms with Crippen molar-refractivity contribution in [3.8, 4) is 5.75 Å². The highest BCUT2D eigenvalue weighted by atomic mass is 16.5. The van der Waals surface area contributed by atoms with Gasteiger partial charge < -0.3 is 24.4 Å². The largest absolute Gasteiger partial charge is 0.497 e. The number of methoxy groups -OCH3 is 1. The summed E-state index contributed by atoms with van der Waals surface area (Å²) in [6.07, 6.45) is 3.53. The summed E-state index contributed by atoms with van der Waals surface area (Å²) in [4.78, 5) is 6.45. The van der Waals surface area contributed by atoms with Crippen molar-refractivity contribution in [1.29, 1.82) is 0 Å².